The van der Waals surface area contributed by atoms with Crippen molar-refractivity contribution in [2.75, 3.05) is 0 Å². The molecule has 1 unspecified atom stereocenters. The minimum Gasteiger partial charge on any atom is 0 e. The Bertz CT molecular complexity index is 7.61. The van der Waals surface area contributed by atoms with E-state index in [4.69, 9.17) is 0 Å². The average Bonchev–Trinajstić information content (AvgIpc) is 0. The molecule has 22 valence electrons. The van der Waals surface area contributed by atoms with Crippen LogP contribution in [0.3, 0.4) is 0 Å². The minimum absolute atomic E-state index is 0. The van der Waals surface area contributed by atoms with E-state index in [1.807, 2.05) is 0 Å². The van der Waals surface area contributed by atoms with Crippen LogP contribution in [0, 0.1) is 0 Å². The summed E-state index contributed by atoms with van der Waals surface area (Å²) in [5, 5.41) is 0. The number of hydrogen-bond acceptors (Lipinski definition) is 0. The molecule has 0 heterocycles. The quantitative estimate of drug-likeness (QED) is 0.426. The molecule has 0 aromatic carbocycles. The summed E-state index contributed by atoms with van der Waals surface area (Å²) >= 11 is 0. The topological polar surface area (TPSA) is 0 Å². The molecule has 0 saturated heterocycles. The van der Waals surface area contributed by atoms with Crippen molar-refractivity contribution >= 4 is 92.8 Å². The fourth-order valence-corrected chi connectivity index (χ4v) is 0. The summed E-state index contributed by atoms with van der Waals surface area (Å²) in [6, 6.07) is 0. The second-order valence-electron chi connectivity index (χ2n) is 0. The van der Waals surface area contributed by atoms with E-state index in [9.17, 15) is 0 Å². The van der Waals surface area contributed by atoms with Crippen molar-refractivity contribution < 1.29 is 0 Å². The van der Waals surface area contributed by atoms with Crippen LogP contribution >= 0.6 is 0 Å². The predicted octanol–water partition coefficient (Wildman–Crippen LogP) is -2.71. The summed E-state index contributed by atoms with van der Waals surface area (Å²) in [6.07, 6.45) is 0. The van der Waals surface area contributed by atoms with Crippen LogP contribution in [0.2, 0.25) is 0 Å². The fourth-order valence-electron chi connectivity index (χ4n) is 0. The summed E-state index contributed by atoms with van der Waals surface area (Å²) in [6.45, 7) is 0. The van der Waals surface area contributed by atoms with Crippen LogP contribution in [0.5, 0.6) is 0 Å². The Morgan fingerprint density at radius 3 is 0.800 bits per heavy atom. The zero-order valence-electron chi connectivity index (χ0n) is 2.89. The van der Waals surface area contributed by atoms with Crippen LogP contribution in [0.1, 0.15) is 0 Å². The molecule has 0 saturated carbocycles. The Kier molecular flexibility index (Phi) is 253. The number of hydrogen-bond donors (Lipinski definition) is 0. The fraction of sp³-hybridized carbons (Fsp3) is 0. The molecule has 0 rings (SSSR count). The van der Waals surface area contributed by atoms with Gasteiger partial charge in [-0.25, -0.2) is 0 Å². The predicted molar refractivity (Wildman–Crippen MR) is 33.0 cm³/mol. The van der Waals surface area contributed by atoms with Gasteiger partial charge in [-0.15, -0.1) is 0 Å². The summed E-state index contributed by atoms with van der Waals surface area (Å²) in [5.41, 5.74) is 0. The first-order valence-corrected chi connectivity index (χ1v) is 0. The maximum absolute atomic E-state index is 0. The molecule has 0 fully saturated rings. The first kappa shape index (κ1) is 44.5. The molecule has 0 bridgehead atoms. The van der Waals surface area contributed by atoms with Gasteiger partial charge in [0.25, 0.3) is 0 Å². The molecular weight excluding hydrogens is 316 g/mol. The van der Waals surface area contributed by atoms with E-state index in [2.05, 4.69) is 0 Å². The third kappa shape index (κ3) is 19.6. The summed E-state index contributed by atoms with van der Waals surface area (Å²) in [5.74, 6) is 0. The van der Waals surface area contributed by atoms with Crippen molar-refractivity contribution in [3.63, 3.8) is 0 Å². The second-order valence-corrected chi connectivity index (χ2v) is 0. The van der Waals surface area contributed by atoms with E-state index in [1.165, 1.54) is 0 Å². The smallest absolute Gasteiger partial charge is 0 e. The van der Waals surface area contributed by atoms with E-state index in [0.29, 0.717) is 0 Å². The normalized spacial score (nSPS) is 0. The molecule has 12 radical (unpaired) electrons. The van der Waals surface area contributed by atoms with Gasteiger partial charge >= 0.3 is 18.0 Å². The number of rotatable bonds is 0. The van der Waals surface area contributed by atoms with Gasteiger partial charge in [-0.1, -0.05) is 0 Å². The van der Waals surface area contributed by atoms with Gasteiger partial charge in [0.15, 0.2) is 0 Å². The molecule has 0 N–H and O–H groups in total. The van der Waals surface area contributed by atoms with E-state index in [1.54, 1.807) is 0 Å². The maximum Gasteiger partial charge on any atom is 0 e. The van der Waals surface area contributed by atoms with Crippen molar-refractivity contribution in [1.82, 2.24) is 0 Å². The van der Waals surface area contributed by atoms with Crippen LogP contribution in [0.4, 0.5) is 0 Å². The van der Waals surface area contributed by atoms with Crippen molar-refractivity contribution in [1.29, 1.82) is 0 Å². The monoisotopic (exact) mass is 318 g/mol. The van der Waals surface area contributed by atoms with Gasteiger partial charge < -0.3 is 0 Å². The summed E-state index contributed by atoms with van der Waals surface area (Å²) in [7, 11) is 0. The zero-order chi connectivity index (χ0) is 0. The Balaban J connectivity index is 0. The van der Waals surface area contributed by atoms with Crippen molar-refractivity contribution in [3.8, 4) is 0 Å². The van der Waals surface area contributed by atoms with Crippen molar-refractivity contribution in [2.24, 2.45) is 0 Å². The van der Waals surface area contributed by atoms with E-state index in [-0.39, 0.29) is 92.8 Å². The van der Waals surface area contributed by atoms with E-state index in [0.717, 1.165) is 0 Å². The first-order chi connectivity index (χ1) is 0. The summed E-state index contributed by atoms with van der Waals surface area (Å²) < 4.78 is 0. The molecule has 0 aliphatic rings. The molecule has 5 heteroatoms. The maximum atomic E-state index is 0. The third-order valence-electron chi connectivity index (χ3n) is 0. The largest absolute Gasteiger partial charge is 0 e. The van der Waals surface area contributed by atoms with Crippen LogP contribution in [0.25, 0.3) is 0 Å². The van der Waals surface area contributed by atoms with Gasteiger partial charge in [0.1, 0.15) is 0 Å². The zero-order valence-corrected chi connectivity index (χ0v) is 13.7. The molecule has 0 aromatic rings. The van der Waals surface area contributed by atoms with Gasteiger partial charge in [-0.05, 0) is 0 Å². The minimum atomic E-state index is 0. The van der Waals surface area contributed by atoms with Crippen LogP contribution in [-0.2, 0) is 0 Å². The molecule has 0 aliphatic heterocycles. The average molecular weight is 319 g/mol. The SMILES string of the molecule is [Al].[AsH3].[As].[Ga].[Ga]. The molecular formula is H3AlAs2Ga2. The first-order valence-electron chi connectivity index (χ1n) is 0. The molecule has 0 nitrogen and oxygen atoms in total. The Morgan fingerprint density at radius 1 is 0.800 bits per heavy atom. The van der Waals surface area contributed by atoms with E-state index >= 15 is 0 Å². The Hall–Kier alpha value is 2.92. The van der Waals surface area contributed by atoms with Crippen molar-refractivity contribution in [3.05, 3.63) is 0 Å². The van der Waals surface area contributed by atoms with E-state index < -0.39 is 0 Å². The van der Waals surface area contributed by atoms with Crippen LogP contribution in [-0.4, -0.2) is 92.8 Å². The van der Waals surface area contributed by atoms with Gasteiger partial charge in [0.2, 0.25) is 0 Å². The molecule has 0 aromatic heterocycles. The molecule has 0 amide bonds. The van der Waals surface area contributed by atoms with Gasteiger partial charge in [0, 0.05) is 74.9 Å². The van der Waals surface area contributed by atoms with Crippen molar-refractivity contribution in [2.45, 2.75) is 0 Å². The van der Waals surface area contributed by atoms with Gasteiger partial charge in [0.05, 0.1) is 0 Å². The van der Waals surface area contributed by atoms with Gasteiger partial charge in [-0.3, -0.25) is 0 Å². The molecule has 0 spiro atoms. The third-order valence-corrected chi connectivity index (χ3v) is 0. The van der Waals surface area contributed by atoms with Crippen LogP contribution in [0.15, 0.2) is 0 Å². The summed E-state index contributed by atoms with van der Waals surface area (Å²) in [4.78, 5) is 0. The van der Waals surface area contributed by atoms with Gasteiger partial charge in [-0.2, -0.15) is 0 Å². The second kappa shape index (κ2) is 28.4. The standard InChI is InChI=1S/Al.AsH3.As.2Ga/h;1H3;;;. The molecule has 5 heavy (non-hydrogen) atoms. The van der Waals surface area contributed by atoms with Crippen LogP contribution < -0.4 is 0 Å². The molecule has 0 aliphatic carbocycles. The Morgan fingerprint density at radius 2 is 0.800 bits per heavy atom. The Labute approximate surface area is 91.5 Å². The molecule has 1 atom stereocenters.